The molecule has 1 heterocycles. The normalized spacial score (nSPS) is 17.0. The lowest BCUT2D eigenvalue weighted by Gasteiger charge is -2.32. The maximum atomic E-state index is 13.4. The Morgan fingerprint density at radius 1 is 1.09 bits per heavy atom. The van der Waals surface area contributed by atoms with Gasteiger partial charge in [-0.2, -0.15) is 0 Å². The number of carbonyl (C=O) groups is 2. The van der Waals surface area contributed by atoms with Crippen molar-refractivity contribution in [1.29, 1.82) is 0 Å². The average Bonchev–Trinajstić information content (AvgIpc) is 2.86. The first-order valence-corrected chi connectivity index (χ1v) is 11.7. The van der Waals surface area contributed by atoms with Gasteiger partial charge in [0, 0.05) is 18.7 Å². The van der Waals surface area contributed by atoms with Crippen LogP contribution in [0.2, 0.25) is 0 Å². The molecule has 4 rings (SSSR count). The van der Waals surface area contributed by atoms with Crippen molar-refractivity contribution in [2.75, 3.05) is 19.0 Å². The number of benzene rings is 3. The van der Waals surface area contributed by atoms with Crippen molar-refractivity contribution >= 4 is 40.1 Å². The molecule has 0 aliphatic carbocycles. The van der Waals surface area contributed by atoms with Crippen LogP contribution in [0.15, 0.2) is 83.9 Å². The number of methoxy groups -OCH3 is 1. The lowest BCUT2D eigenvalue weighted by atomic mass is 10.1. The molecule has 0 spiro atoms. The van der Waals surface area contributed by atoms with E-state index in [1.807, 2.05) is 30.3 Å². The smallest absolute Gasteiger partial charge is 0.238 e. The molecule has 0 saturated carbocycles. The number of nitrogens with one attached hydrogen (secondary N) is 1. The Balaban J connectivity index is 1.53. The zero-order valence-corrected chi connectivity index (χ0v) is 19.4. The van der Waals surface area contributed by atoms with Gasteiger partial charge in [0.05, 0.1) is 12.8 Å². The Labute approximate surface area is 201 Å². The summed E-state index contributed by atoms with van der Waals surface area (Å²) in [6, 6.07) is 22.6. The van der Waals surface area contributed by atoms with E-state index in [4.69, 9.17) is 4.74 Å². The highest BCUT2D eigenvalue weighted by Gasteiger charge is 2.35. The number of anilines is 1. The van der Waals surface area contributed by atoms with Gasteiger partial charge in [-0.15, -0.1) is 0 Å². The summed E-state index contributed by atoms with van der Waals surface area (Å²) in [7, 11) is 1.57. The van der Waals surface area contributed by atoms with E-state index < -0.39 is 5.25 Å². The molecule has 34 heavy (non-hydrogen) atoms. The molecule has 1 unspecified atom stereocenters. The minimum atomic E-state index is -0.637. The first-order valence-electron chi connectivity index (χ1n) is 10.8. The summed E-state index contributed by atoms with van der Waals surface area (Å²) >= 11 is 1.24. The molecule has 6 nitrogen and oxygen atoms in total. The summed E-state index contributed by atoms with van der Waals surface area (Å²) in [4.78, 5) is 32.3. The van der Waals surface area contributed by atoms with Crippen LogP contribution >= 0.6 is 11.8 Å². The van der Waals surface area contributed by atoms with E-state index in [0.29, 0.717) is 35.3 Å². The molecule has 1 atom stereocenters. The highest BCUT2D eigenvalue weighted by molar-refractivity contribution is 8.15. The van der Waals surface area contributed by atoms with Gasteiger partial charge in [0.25, 0.3) is 0 Å². The van der Waals surface area contributed by atoms with Gasteiger partial charge >= 0.3 is 0 Å². The Hall–Kier alpha value is -3.65. The molecule has 0 aromatic heterocycles. The molecule has 1 saturated heterocycles. The molecule has 1 fully saturated rings. The van der Waals surface area contributed by atoms with E-state index in [1.165, 1.54) is 23.9 Å². The third kappa shape index (κ3) is 6.02. The fourth-order valence-corrected chi connectivity index (χ4v) is 4.59. The molecule has 174 valence electrons. The quantitative estimate of drug-likeness (QED) is 0.518. The third-order valence-corrected chi connectivity index (χ3v) is 6.50. The van der Waals surface area contributed by atoms with Crippen molar-refractivity contribution in [3.63, 3.8) is 0 Å². The molecule has 8 heteroatoms. The summed E-state index contributed by atoms with van der Waals surface area (Å²) in [6.45, 7) is 0.433. The SMILES string of the molecule is COc1ccc(NC(=O)C2CC(=O)N(CCc3ccccc3)C(=Nc3ccc(F)cc3)S2)cc1. The van der Waals surface area contributed by atoms with Crippen molar-refractivity contribution < 1.29 is 18.7 Å². The Bertz CT molecular complexity index is 1170. The van der Waals surface area contributed by atoms with Gasteiger partial charge in [-0.3, -0.25) is 14.5 Å². The zero-order chi connectivity index (χ0) is 23.9. The molecular weight excluding hydrogens is 453 g/mol. The van der Waals surface area contributed by atoms with E-state index in [0.717, 1.165) is 5.56 Å². The molecule has 0 radical (unpaired) electrons. The number of aliphatic imine (C=N–C) groups is 1. The van der Waals surface area contributed by atoms with Crippen LogP contribution in [0.3, 0.4) is 0 Å². The van der Waals surface area contributed by atoms with Gasteiger partial charge in [-0.05, 0) is 60.5 Å². The van der Waals surface area contributed by atoms with Crippen LogP contribution in [0.1, 0.15) is 12.0 Å². The second-order valence-electron chi connectivity index (χ2n) is 7.68. The minimum absolute atomic E-state index is 0.0594. The predicted octanol–water partition coefficient (Wildman–Crippen LogP) is 5.04. The summed E-state index contributed by atoms with van der Waals surface area (Å²) < 4.78 is 18.5. The number of hydrogen-bond donors (Lipinski definition) is 1. The molecule has 3 aromatic rings. The molecule has 1 aliphatic heterocycles. The fourth-order valence-electron chi connectivity index (χ4n) is 3.47. The Morgan fingerprint density at radius 2 is 1.79 bits per heavy atom. The van der Waals surface area contributed by atoms with E-state index in [-0.39, 0.29) is 24.1 Å². The molecule has 1 N–H and O–H groups in total. The van der Waals surface area contributed by atoms with Gasteiger partial charge in [0.2, 0.25) is 11.8 Å². The number of halogens is 1. The lowest BCUT2D eigenvalue weighted by Crippen LogP contribution is -2.46. The first-order chi connectivity index (χ1) is 16.5. The van der Waals surface area contributed by atoms with Gasteiger partial charge < -0.3 is 10.1 Å². The Morgan fingerprint density at radius 3 is 2.47 bits per heavy atom. The molecule has 1 aliphatic rings. The first kappa shape index (κ1) is 23.5. The number of amides is 2. The van der Waals surface area contributed by atoms with Crippen LogP contribution in [-0.4, -0.2) is 40.8 Å². The maximum absolute atomic E-state index is 13.4. The minimum Gasteiger partial charge on any atom is -0.497 e. The van der Waals surface area contributed by atoms with Crippen LogP contribution in [0.25, 0.3) is 0 Å². The predicted molar refractivity (Wildman–Crippen MR) is 133 cm³/mol. The highest BCUT2D eigenvalue weighted by Crippen LogP contribution is 2.30. The second-order valence-corrected chi connectivity index (χ2v) is 8.85. The van der Waals surface area contributed by atoms with Gasteiger partial charge in [0.1, 0.15) is 16.8 Å². The standard InChI is InChI=1S/C26H24FN3O3S/c1-33-22-13-11-20(12-14-22)28-25(32)23-17-24(31)30(16-15-18-5-3-2-4-6-18)26(34-23)29-21-9-7-19(27)8-10-21/h2-14,23H,15-17H2,1H3,(H,28,32). The number of nitrogens with zero attached hydrogens (tertiary/aromatic N) is 2. The van der Waals surface area contributed by atoms with Crippen LogP contribution in [-0.2, 0) is 16.0 Å². The van der Waals surface area contributed by atoms with Crippen molar-refractivity contribution in [1.82, 2.24) is 4.90 Å². The van der Waals surface area contributed by atoms with E-state index in [2.05, 4.69) is 10.3 Å². The maximum Gasteiger partial charge on any atom is 0.238 e. The van der Waals surface area contributed by atoms with Gasteiger partial charge in [-0.1, -0.05) is 42.1 Å². The molecule has 2 amide bonds. The third-order valence-electron chi connectivity index (χ3n) is 5.31. The molecule has 3 aromatic carbocycles. The number of thioether (sulfide) groups is 1. The lowest BCUT2D eigenvalue weighted by molar-refractivity contribution is -0.129. The summed E-state index contributed by atoms with van der Waals surface area (Å²) in [6.07, 6.45) is 0.710. The van der Waals surface area contributed by atoms with Crippen molar-refractivity contribution in [3.05, 3.63) is 90.2 Å². The number of hydrogen-bond acceptors (Lipinski definition) is 5. The number of rotatable bonds is 7. The Kier molecular flexibility index (Phi) is 7.59. The van der Waals surface area contributed by atoms with Crippen molar-refractivity contribution in [2.24, 2.45) is 4.99 Å². The van der Waals surface area contributed by atoms with Gasteiger partial charge in [-0.25, -0.2) is 9.38 Å². The largest absolute Gasteiger partial charge is 0.497 e. The van der Waals surface area contributed by atoms with Crippen LogP contribution < -0.4 is 10.1 Å². The fraction of sp³-hybridized carbons (Fsp3) is 0.192. The summed E-state index contributed by atoms with van der Waals surface area (Å²) in [5.74, 6) is -0.138. The topological polar surface area (TPSA) is 71.0 Å². The summed E-state index contributed by atoms with van der Waals surface area (Å²) in [5.41, 5.74) is 2.22. The van der Waals surface area contributed by atoms with E-state index in [9.17, 15) is 14.0 Å². The number of amidine groups is 1. The number of carbonyl (C=O) groups excluding carboxylic acids is 2. The van der Waals surface area contributed by atoms with Crippen LogP contribution in [0.5, 0.6) is 5.75 Å². The molecule has 0 bridgehead atoms. The van der Waals surface area contributed by atoms with Gasteiger partial charge in [0.15, 0.2) is 5.17 Å². The second kappa shape index (κ2) is 11.0. The number of ether oxygens (including phenoxy) is 1. The monoisotopic (exact) mass is 477 g/mol. The van der Waals surface area contributed by atoms with Crippen molar-refractivity contribution in [3.8, 4) is 5.75 Å². The average molecular weight is 478 g/mol. The van der Waals surface area contributed by atoms with Crippen LogP contribution in [0, 0.1) is 5.82 Å². The van der Waals surface area contributed by atoms with E-state index in [1.54, 1.807) is 48.4 Å². The van der Waals surface area contributed by atoms with Crippen LogP contribution in [0.4, 0.5) is 15.8 Å². The highest BCUT2D eigenvalue weighted by atomic mass is 32.2. The molecular formula is C26H24FN3O3S. The van der Waals surface area contributed by atoms with E-state index >= 15 is 0 Å². The summed E-state index contributed by atoms with van der Waals surface area (Å²) in [5, 5.41) is 2.64. The zero-order valence-electron chi connectivity index (χ0n) is 18.6. The van der Waals surface area contributed by atoms with Crippen molar-refractivity contribution in [2.45, 2.75) is 18.1 Å².